The topological polar surface area (TPSA) is 71.1 Å². The van der Waals surface area contributed by atoms with Crippen LogP contribution in [0, 0.1) is 5.92 Å². The lowest BCUT2D eigenvalue weighted by atomic mass is 10.1. The van der Waals surface area contributed by atoms with Crippen molar-refractivity contribution in [3.8, 4) is 0 Å². The van der Waals surface area contributed by atoms with Crippen molar-refractivity contribution in [3.63, 3.8) is 0 Å². The van der Waals surface area contributed by atoms with E-state index in [0.717, 1.165) is 24.1 Å². The Balaban J connectivity index is 1.61. The molecule has 1 unspecified atom stereocenters. The highest BCUT2D eigenvalue weighted by Crippen LogP contribution is 2.30. The van der Waals surface area contributed by atoms with E-state index in [1.807, 2.05) is 31.2 Å². The van der Waals surface area contributed by atoms with Crippen LogP contribution in [0.25, 0.3) is 0 Å². The van der Waals surface area contributed by atoms with E-state index < -0.39 is 0 Å². The molecule has 1 fully saturated rings. The highest BCUT2D eigenvalue weighted by Gasteiger charge is 2.29. The Labute approximate surface area is 145 Å². The molecule has 3 rings (SSSR count). The van der Waals surface area contributed by atoms with E-state index in [4.69, 9.17) is 11.6 Å². The van der Waals surface area contributed by atoms with E-state index in [0.29, 0.717) is 5.02 Å². The zero-order valence-electron chi connectivity index (χ0n) is 13.3. The number of aromatic nitrogens is 1. The molecule has 124 valence electrons. The van der Waals surface area contributed by atoms with Gasteiger partial charge in [-0.3, -0.25) is 14.6 Å². The number of hydrogen-bond acceptors (Lipinski definition) is 3. The van der Waals surface area contributed by atoms with Crippen LogP contribution in [0.5, 0.6) is 0 Å². The molecular formula is C18H18ClN3O2. The molecule has 1 aromatic heterocycles. The number of hydrogen-bond donors (Lipinski definition) is 2. The van der Waals surface area contributed by atoms with Crippen LogP contribution in [0.1, 0.15) is 41.9 Å². The minimum Gasteiger partial charge on any atom is -0.344 e. The lowest BCUT2D eigenvalue weighted by Gasteiger charge is -2.15. The molecule has 0 bridgehead atoms. The molecule has 0 spiro atoms. The minimum atomic E-state index is -0.281. The van der Waals surface area contributed by atoms with E-state index in [1.165, 1.54) is 12.3 Å². The largest absolute Gasteiger partial charge is 0.344 e. The van der Waals surface area contributed by atoms with Crippen LogP contribution in [-0.2, 0) is 4.79 Å². The van der Waals surface area contributed by atoms with E-state index in [-0.39, 0.29) is 29.5 Å². The van der Waals surface area contributed by atoms with Gasteiger partial charge in [-0.05, 0) is 49.6 Å². The molecule has 1 atom stereocenters. The van der Waals surface area contributed by atoms with Gasteiger partial charge in [0.05, 0.1) is 6.04 Å². The predicted octanol–water partition coefficient (Wildman–Crippen LogP) is 3.57. The van der Waals surface area contributed by atoms with E-state index in [9.17, 15) is 9.59 Å². The number of nitrogens with one attached hydrogen (secondary N) is 2. The van der Waals surface area contributed by atoms with Gasteiger partial charge in [0.15, 0.2) is 0 Å². The van der Waals surface area contributed by atoms with Gasteiger partial charge in [0.2, 0.25) is 5.91 Å². The van der Waals surface area contributed by atoms with Crippen molar-refractivity contribution in [2.45, 2.75) is 25.8 Å². The number of carbonyl (C=O) groups excluding carboxylic acids is 2. The average molecular weight is 344 g/mol. The second kappa shape index (κ2) is 7.01. The normalized spacial score (nSPS) is 14.8. The molecule has 1 aliphatic carbocycles. The highest BCUT2D eigenvalue weighted by atomic mass is 35.5. The Hall–Kier alpha value is -2.40. The second-order valence-electron chi connectivity index (χ2n) is 5.94. The van der Waals surface area contributed by atoms with Gasteiger partial charge in [0.25, 0.3) is 5.91 Å². The molecule has 1 heterocycles. The van der Waals surface area contributed by atoms with Crippen LogP contribution in [0.2, 0.25) is 5.02 Å². The fourth-order valence-electron chi connectivity index (χ4n) is 2.33. The van der Waals surface area contributed by atoms with Gasteiger partial charge in [-0.2, -0.15) is 0 Å². The summed E-state index contributed by atoms with van der Waals surface area (Å²) in [7, 11) is 0. The predicted molar refractivity (Wildman–Crippen MR) is 92.9 cm³/mol. The molecule has 6 heteroatoms. The Morgan fingerprint density at radius 2 is 1.92 bits per heavy atom. The molecule has 1 aliphatic rings. The first-order valence-electron chi connectivity index (χ1n) is 7.86. The van der Waals surface area contributed by atoms with Crippen molar-refractivity contribution >= 4 is 29.1 Å². The van der Waals surface area contributed by atoms with Crippen LogP contribution >= 0.6 is 11.6 Å². The maximum Gasteiger partial charge on any atom is 0.270 e. The third-order valence-electron chi connectivity index (χ3n) is 3.93. The third-order valence-corrected chi connectivity index (χ3v) is 4.16. The second-order valence-corrected chi connectivity index (χ2v) is 6.38. The van der Waals surface area contributed by atoms with Crippen LogP contribution in [-0.4, -0.2) is 16.8 Å². The van der Waals surface area contributed by atoms with Gasteiger partial charge in [-0.1, -0.05) is 23.7 Å². The van der Waals surface area contributed by atoms with Gasteiger partial charge in [-0.15, -0.1) is 0 Å². The summed E-state index contributed by atoms with van der Waals surface area (Å²) < 4.78 is 0. The molecule has 1 aromatic carbocycles. The smallest absolute Gasteiger partial charge is 0.270 e. The summed E-state index contributed by atoms with van der Waals surface area (Å²) in [6, 6.07) is 10.4. The van der Waals surface area contributed by atoms with Crippen molar-refractivity contribution in [2.24, 2.45) is 5.92 Å². The fourth-order valence-corrected chi connectivity index (χ4v) is 2.49. The van der Waals surface area contributed by atoms with Crippen LogP contribution in [0.15, 0.2) is 42.6 Å². The lowest BCUT2D eigenvalue weighted by Crippen LogP contribution is -2.27. The first kappa shape index (κ1) is 16.5. The number of nitrogens with zero attached hydrogens (tertiary/aromatic N) is 1. The Kier molecular flexibility index (Phi) is 4.81. The number of amides is 2. The first-order valence-corrected chi connectivity index (χ1v) is 8.24. The molecule has 0 saturated heterocycles. The summed E-state index contributed by atoms with van der Waals surface area (Å²) in [5.41, 5.74) is 1.99. The van der Waals surface area contributed by atoms with Crippen molar-refractivity contribution in [1.29, 1.82) is 0 Å². The molecular weight excluding hydrogens is 326 g/mol. The van der Waals surface area contributed by atoms with E-state index in [2.05, 4.69) is 15.6 Å². The third kappa shape index (κ3) is 4.11. The van der Waals surface area contributed by atoms with Gasteiger partial charge in [0.1, 0.15) is 5.69 Å². The molecule has 5 nitrogen and oxygen atoms in total. The van der Waals surface area contributed by atoms with Crippen molar-refractivity contribution in [1.82, 2.24) is 10.3 Å². The Morgan fingerprint density at radius 1 is 1.21 bits per heavy atom. The van der Waals surface area contributed by atoms with E-state index in [1.54, 1.807) is 6.07 Å². The van der Waals surface area contributed by atoms with Gasteiger partial charge in [0, 0.05) is 22.8 Å². The maximum atomic E-state index is 12.2. The molecule has 2 N–H and O–H groups in total. The highest BCUT2D eigenvalue weighted by molar-refractivity contribution is 6.30. The number of anilines is 1. The minimum absolute atomic E-state index is 0.0798. The summed E-state index contributed by atoms with van der Waals surface area (Å²) >= 11 is 5.87. The van der Waals surface area contributed by atoms with Crippen LogP contribution in [0.3, 0.4) is 0 Å². The lowest BCUT2D eigenvalue weighted by molar-refractivity contribution is -0.117. The van der Waals surface area contributed by atoms with Crippen molar-refractivity contribution < 1.29 is 9.59 Å². The zero-order valence-corrected chi connectivity index (χ0v) is 14.0. The fraction of sp³-hybridized carbons (Fsp3) is 0.278. The Morgan fingerprint density at radius 3 is 2.54 bits per heavy atom. The summed E-state index contributed by atoms with van der Waals surface area (Å²) in [5.74, 6) is -0.0275. The summed E-state index contributed by atoms with van der Waals surface area (Å²) in [6.45, 7) is 1.89. The molecule has 0 radical (unpaired) electrons. The number of benzene rings is 1. The van der Waals surface area contributed by atoms with Gasteiger partial charge < -0.3 is 10.6 Å². The molecule has 1 saturated carbocycles. The molecule has 24 heavy (non-hydrogen) atoms. The van der Waals surface area contributed by atoms with E-state index >= 15 is 0 Å². The maximum absolute atomic E-state index is 12.2. The van der Waals surface area contributed by atoms with Crippen LogP contribution < -0.4 is 10.6 Å². The summed E-state index contributed by atoms with van der Waals surface area (Å²) in [5, 5.41) is 6.24. The number of pyridine rings is 1. The van der Waals surface area contributed by atoms with Gasteiger partial charge in [-0.25, -0.2) is 0 Å². The number of carbonyl (C=O) groups is 2. The van der Waals surface area contributed by atoms with Crippen molar-refractivity contribution in [2.75, 3.05) is 5.32 Å². The van der Waals surface area contributed by atoms with Crippen molar-refractivity contribution in [3.05, 3.63) is 58.9 Å². The quantitative estimate of drug-likeness (QED) is 0.871. The number of rotatable bonds is 5. The monoisotopic (exact) mass is 343 g/mol. The SMILES string of the molecule is CC(NC(=O)c1cc(Cl)ccn1)c1ccc(NC(=O)C2CC2)cc1. The Bertz CT molecular complexity index is 757. The summed E-state index contributed by atoms with van der Waals surface area (Å²) in [6.07, 6.45) is 3.45. The molecule has 2 amide bonds. The average Bonchev–Trinajstić information content (AvgIpc) is 3.40. The van der Waals surface area contributed by atoms with Crippen LogP contribution in [0.4, 0.5) is 5.69 Å². The van der Waals surface area contributed by atoms with Gasteiger partial charge >= 0.3 is 0 Å². The molecule has 2 aromatic rings. The zero-order chi connectivity index (χ0) is 17.1. The first-order chi connectivity index (χ1) is 11.5. The summed E-state index contributed by atoms with van der Waals surface area (Å²) in [4.78, 5) is 27.9. The number of halogens is 1. The standard InChI is InChI=1S/C18H18ClN3O2/c1-11(21-18(24)16-10-14(19)8-9-20-16)12-4-6-15(7-5-12)22-17(23)13-2-3-13/h4-11,13H,2-3H2,1H3,(H,21,24)(H,22,23). The molecule has 0 aliphatic heterocycles.